The fraction of sp³-hybridized carbons (Fsp3) is 0.500. The Balaban J connectivity index is 1.82. The van der Waals surface area contributed by atoms with Crippen molar-refractivity contribution < 1.29 is 5.11 Å². The number of rotatable bonds is 3. The maximum atomic E-state index is 10.1. The van der Waals surface area contributed by atoms with Gasteiger partial charge < -0.3 is 10.4 Å². The maximum Gasteiger partial charge on any atom is 0.131 e. The van der Waals surface area contributed by atoms with Gasteiger partial charge >= 0.3 is 0 Å². The first-order valence-electron chi connectivity index (χ1n) is 7.59. The van der Waals surface area contributed by atoms with Gasteiger partial charge in [0, 0.05) is 18.3 Å². The Morgan fingerprint density at radius 3 is 2.73 bits per heavy atom. The minimum atomic E-state index is -0.532. The molecule has 0 bridgehead atoms. The molecule has 1 aliphatic rings. The summed E-state index contributed by atoms with van der Waals surface area (Å²) in [7, 11) is 0. The lowest BCUT2D eigenvalue weighted by molar-refractivity contribution is 0.0196. The number of aryl methyl sites for hydroxylation is 1. The Bertz CT molecular complexity index is 658. The van der Waals surface area contributed by atoms with Crippen LogP contribution in [0.4, 0.5) is 5.69 Å². The molecule has 1 aliphatic carbocycles. The predicted octanol–water partition coefficient (Wildman–Crippen LogP) is 3.33. The maximum absolute atomic E-state index is 10.1. The van der Waals surface area contributed by atoms with E-state index < -0.39 is 5.60 Å². The molecule has 0 unspecified atom stereocenters. The average Bonchev–Trinajstić information content (AvgIpc) is 2.88. The molecule has 5 nitrogen and oxygen atoms in total. The number of anilines is 1. The van der Waals surface area contributed by atoms with Crippen LogP contribution in [0.1, 0.15) is 38.2 Å². The van der Waals surface area contributed by atoms with E-state index in [1.165, 1.54) is 0 Å². The smallest absolute Gasteiger partial charge is 0.131 e. The molecule has 2 heterocycles. The van der Waals surface area contributed by atoms with Gasteiger partial charge in [-0.05, 0) is 45.1 Å². The number of aliphatic hydroxyl groups is 1. The van der Waals surface area contributed by atoms with Crippen molar-refractivity contribution in [3.8, 4) is 5.69 Å². The van der Waals surface area contributed by atoms with Crippen LogP contribution in [0.15, 0.2) is 24.7 Å². The molecular weight excluding hydrogens is 300 g/mol. The molecule has 0 aromatic carbocycles. The first-order chi connectivity index (χ1) is 10.4. The van der Waals surface area contributed by atoms with Gasteiger partial charge in [0.2, 0.25) is 0 Å². The second kappa shape index (κ2) is 5.89. The van der Waals surface area contributed by atoms with Crippen molar-refractivity contribution >= 4 is 17.3 Å². The zero-order valence-electron chi connectivity index (χ0n) is 12.9. The highest BCUT2D eigenvalue weighted by Gasteiger charge is 2.29. The lowest BCUT2D eigenvalue weighted by Crippen LogP contribution is -2.35. The molecule has 1 saturated carbocycles. The van der Waals surface area contributed by atoms with E-state index in [0.29, 0.717) is 11.2 Å². The highest BCUT2D eigenvalue weighted by atomic mass is 35.5. The molecule has 0 amide bonds. The van der Waals surface area contributed by atoms with Crippen molar-refractivity contribution in [1.29, 1.82) is 0 Å². The van der Waals surface area contributed by atoms with Crippen molar-refractivity contribution in [2.24, 2.45) is 0 Å². The number of halogens is 1. The van der Waals surface area contributed by atoms with Crippen LogP contribution in [-0.2, 0) is 0 Å². The summed E-state index contributed by atoms with van der Waals surface area (Å²) in [5.74, 6) is 0. The Morgan fingerprint density at radius 2 is 2.09 bits per heavy atom. The number of pyridine rings is 1. The zero-order valence-corrected chi connectivity index (χ0v) is 13.6. The quantitative estimate of drug-likeness (QED) is 0.851. The van der Waals surface area contributed by atoms with E-state index in [0.717, 1.165) is 42.6 Å². The number of aromatic nitrogens is 3. The van der Waals surface area contributed by atoms with Crippen molar-refractivity contribution in [1.82, 2.24) is 14.8 Å². The summed E-state index contributed by atoms with van der Waals surface area (Å²) in [6.07, 6.45) is 8.99. The van der Waals surface area contributed by atoms with E-state index in [4.69, 9.17) is 11.6 Å². The normalized spacial score (nSPS) is 25.2. The molecule has 118 valence electrons. The summed E-state index contributed by atoms with van der Waals surface area (Å²) in [6.45, 7) is 3.91. The van der Waals surface area contributed by atoms with Crippen LogP contribution in [-0.4, -0.2) is 31.5 Å². The van der Waals surface area contributed by atoms with Crippen molar-refractivity contribution in [3.63, 3.8) is 0 Å². The molecule has 0 saturated heterocycles. The summed E-state index contributed by atoms with van der Waals surface area (Å²) in [4.78, 5) is 4.17. The van der Waals surface area contributed by atoms with Gasteiger partial charge in [-0.15, -0.1) is 0 Å². The van der Waals surface area contributed by atoms with Crippen molar-refractivity contribution in [2.75, 3.05) is 5.32 Å². The van der Waals surface area contributed by atoms with E-state index in [1.807, 2.05) is 32.3 Å². The van der Waals surface area contributed by atoms with Crippen LogP contribution in [0.5, 0.6) is 0 Å². The predicted molar refractivity (Wildman–Crippen MR) is 87.6 cm³/mol. The van der Waals surface area contributed by atoms with Crippen LogP contribution in [0, 0.1) is 6.92 Å². The first-order valence-corrected chi connectivity index (χ1v) is 7.97. The molecule has 2 N–H and O–H groups in total. The topological polar surface area (TPSA) is 63.0 Å². The molecule has 0 spiro atoms. The van der Waals surface area contributed by atoms with E-state index in [2.05, 4.69) is 15.4 Å². The van der Waals surface area contributed by atoms with Gasteiger partial charge in [-0.25, -0.2) is 9.67 Å². The average molecular weight is 321 g/mol. The van der Waals surface area contributed by atoms with Crippen molar-refractivity contribution in [3.05, 3.63) is 35.4 Å². The summed E-state index contributed by atoms with van der Waals surface area (Å²) in [6, 6.07) is 2.16. The van der Waals surface area contributed by atoms with E-state index >= 15 is 0 Å². The molecule has 2 aromatic rings. The third-order valence-electron chi connectivity index (χ3n) is 4.23. The molecule has 3 rings (SSSR count). The fourth-order valence-corrected chi connectivity index (χ4v) is 3.03. The van der Waals surface area contributed by atoms with Crippen LogP contribution >= 0.6 is 11.6 Å². The summed E-state index contributed by atoms with van der Waals surface area (Å²) in [5, 5.41) is 18.4. The van der Waals surface area contributed by atoms with Gasteiger partial charge in [0.15, 0.2) is 0 Å². The second-order valence-electron chi connectivity index (χ2n) is 6.40. The third kappa shape index (κ3) is 3.42. The molecular formula is C16H21ClN4O. The highest BCUT2D eigenvalue weighted by molar-refractivity contribution is 6.29. The summed E-state index contributed by atoms with van der Waals surface area (Å²) < 4.78 is 1.81. The van der Waals surface area contributed by atoms with Gasteiger partial charge in [0.1, 0.15) is 10.8 Å². The fourth-order valence-electron chi connectivity index (χ4n) is 2.87. The Morgan fingerprint density at radius 1 is 1.36 bits per heavy atom. The van der Waals surface area contributed by atoms with Gasteiger partial charge in [-0.2, -0.15) is 5.10 Å². The van der Waals surface area contributed by atoms with Crippen LogP contribution in [0.25, 0.3) is 5.69 Å². The van der Waals surface area contributed by atoms with Crippen LogP contribution in [0.3, 0.4) is 0 Å². The number of nitrogens with zero attached hydrogens (tertiary/aromatic N) is 3. The molecule has 0 aliphatic heterocycles. The monoisotopic (exact) mass is 320 g/mol. The summed E-state index contributed by atoms with van der Waals surface area (Å²) >= 11 is 6.05. The molecule has 0 atom stereocenters. The molecule has 22 heavy (non-hydrogen) atoms. The Hall–Kier alpha value is -1.59. The zero-order chi connectivity index (χ0) is 15.7. The lowest BCUT2D eigenvalue weighted by atomic mass is 9.83. The van der Waals surface area contributed by atoms with E-state index in [9.17, 15) is 5.11 Å². The first kappa shape index (κ1) is 15.3. The van der Waals surface area contributed by atoms with Crippen LogP contribution in [0.2, 0.25) is 5.15 Å². The molecule has 6 heteroatoms. The largest absolute Gasteiger partial charge is 0.390 e. The van der Waals surface area contributed by atoms with Crippen LogP contribution < -0.4 is 5.32 Å². The number of nitrogens with one attached hydrogen (secondary N) is 1. The van der Waals surface area contributed by atoms with E-state index in [-0.39, 0.29) is 0 Å². The van der Waals surface area contributed by atoms with E-state index in [1.54, 1.807) is 10.9 Å². The third-order valence-corrected chi connectivity index (χ3v) is 4.44. The van der Waals surface area contributed by atoms with Gasteiger partial charge in [-0.3, -0.25) is 0 Å². The second-order valence-corrected chi connectivity index (χ2v) is 6.79. The standard InChI is InChI=1S/C16H21ClN4O/c1-11-8-19-21(10-11)14-9-18-15(17)7-13(14)20-12-3-5-16(2,22)6-4-12/h7-10,12,22H,3-6H2,1-2H3,(H,18,20). The minimum absolute atomic E-state index is 0.328. The lowest BCUT2D eigenvalue weighted by Gasteiger charge is -2.34. The van der Waals surface area contributed by atoms with Crippen molar-refractivity contribution in [2.45, 2.75) is 51.2 Å². The molecule has 1 fully saturated rings. The highest BCUT2D eigenvalue weighted by Crippen LogP contribution is 2.31. The Kier molecular flexibility index (Phi) is 4.10. The van der Waals surface area contributed by atoms with Gasteiger partial charge in [0.25, 0.3) is 0 Å². The number of hydrogen-bond acceptors (Lipinski definition) is 4. The summed E-state index contributed by atoms with van der Waals surface area (Å²) in [5.41, 5.74) is 2.37. The minimum Gasteiger partial charge on any atom is -0.390 e. The van der Waals surface area contributed by atoms with Gasteiger partial charge in [-0.1, -0.05) is 11.6 Å². The molecule has 2 aromatic heterocycles. The molecule has 0 radical (unpaired) electrons. The number of hydrogen-bond donors (Lipinski definition) is 2. The SMILES string of the molecule is Cc1cnn(-c2cnc(Cl)cc2NC2CCC(C)(O)CC2)c1. The van der Waals surface area contributed by atoms with Gasteiger partial charge in [0.05, 0.1) is 23.7 Å². The Labute approximate surface area is 135 Å².